The highest BCUT2D eigenvalue weighted by Gasteiger charge is 2.24. The summed E-state index contributed by atoms with van der Waals surface area (Å²) in [7, 11) is 3.52. The summed E-state index contributed by atoms with van der Waals surface area (Å²) in [6, 6.07) is 8.21. The van der Waals surface area contributed by atoms with E-state index in [0.29, 0.717) is 0 Å². The second-order valence-corrected chi connectivity index (χ2v) is 6.94. The number of nitrogens with zero attached hydrogens (tertiary/aromatic N) is 1. The molecule has 1 rings (SSSR count). The first kappa shape index (κ1) is 21.7. The summed E-state index contributed by atoms with van der Waals surface area (Å²) >= 11 is 3.48. The molecule has 0 aliphatic carbocycles. The molecule has 0 spiro atoms. The van der Waals surface area contributed by atoms with Crippen molar-refractivity contribution in [3.05, 3.63) is 34.3 Å². The zero-order valence-corrected chi connectivity index (χ0v) is 17.9. The van der Waals surface area contributed by atoms with E-state index in [-0.39, 0.29) is 35.5 Å². The fourth-order valence-corrected chi connectivity index (χ4v) is 2.43. The molecule has 1 aromatic carbocycles. The standard InChI is InChI=1S/C16H26BrN3O.HI/c1-16(2,3)14(21-5)11-20-15(18-4)19-10-12-7-6-8-13(17)9-12;/h6-9,14H,10-11H2,1-5H3,(H2,18,19,20);1H. The van der Waals surface area contributed by atoms with Crippen molar-refractivity contribution in [2.24, 2.45) is 10.4 Å². The normalized spacial score (nSPS) is 13.3. The molecular weight excluding hydrogens is 457 g/mol. The van der Waals surface area contributed by atoms with Crippen LogP contribution in [0.2, 0.25) is 0 Å². The predicted molar refractivity (Wildman–Crippen MR) is 108 cm³/mol. The van der Waals surface area contributed by atoms with Crippen molar-refractivity contribution in [2.75, 3.05) is 20.7 Å². The number of benzene rings is 1. The van der Waals surface area contributed by atoms with Crippen LogP contribution in [0, 0.1) is 5.41 Å². The minimum Gasteiger partial charge on any atom is -0.379 e. The molecule has 6 heteroatoms. The Morgan fingerprint density at radius 1 is 1.32 bits per heavy atom. The van der Waals surface area contributed by atoms with Gasteiger partial charge in [0, 0.05) is 31.7 Å². The molecule has 0 bridgehead atoms. The number of halogens is 2. The minimum atomic E-state index is 0. The Bertz CT molecular complexity index is 475. The van der Waals surface area contributed by atoms with E-state index in [1.807, 2.05) is 12.1 Å². The van der Waals surface area contributed by atoms with Crippen LogP contribution in [-0.2, 0) is 11.3 Å². The highest BCUT2D eigenvalue weighted by atomic mass is 127. The molecule has 1 aromatic rings. The Labute approximate surface area is 159 Å². The van der Waals surface area contributed by atoms with Crippen LogP contribution in [0.3, 0.4) is 0 Å². The molecule has 0 saturated carbocycles. The molecule has 0 amide bonds. The lowest BCUT2D eigenvalue weighted by molar-refractivity contribution is 0.0205. The SMILES string of the molecule is CN=C(NCc1cccc(Br)c1)NCC(OC)C(C)(C)C.I. The number of methoxy groups -OCH3 is 1. The van der Waals surface area contributed by atoms with Crippen LogP contribution >= 0.6 is 39.9 Å². The van der Waals surface area contributed by atoms with Crippen LogP contribution < -0.4 is 10.6 Å². The van der Waals surface area contributed by atoms with Gasteiger partial charge >= 0.3 is 0 Å². The van der Waals surface area contributed by atoms with Crippen LogP contribution in [0.5, 0.6) is 0 Å². The van der Waals surface area contributed by atoms with Crippen LogP contribution in [0.25, 0.3) is 0 Å². The molecule has 4 nitrogen and oxygen atoms in total. The number of hydrogen-bond donors (Lipinski definition) is 2. The van der Waals surface area contributed by atoms with Crippen molar-refractivity contribution < 1.29 is 4.74 Å². The number of guanidine groups is 1. The van der Waals surface area contributed by atoms with Gasteiger partial charge < -0.3 is 15.4 Å². The van der Waals surface area contributed by atoms with E-state index in [1.165, 1.54) is 5.56 Å². The first-order chi connectivity index (χ1) is 9.86. The molecular formula is C16H27BrIN3O. The molecule has 0 heterocycles. The van der Waals surface area contributed by atoms with Gasteiger partial charge in [0.25, 0.3) is 0 Å². The quantitative estimate of drug-likeness (QED) is 0.380. The van der Waals surface area contributed by atoms with Crippen molar-refractivity contribution >= 4 is 45.9 Å². The van der Waals surface area contributed by atoms with Gasteiger partial charge in [-0.3, -0.25) is 4.99 Å². The van der Waals surface area contributed by atoms with Gasteiger partial charge in [0.05, 0.1) is 6.10 Å². The van der Waals surface area contributed by atoms with Crippen molar-refractivity contribution in [3.8, 4) is 0 Å². The highest BCUT2D eigenvalue weighted by molar-refractivity contribution is 14.0. The summed E-state index contributed by atoms with van der Waals surface area (Å²) in [5.41, 5.74) is 1.29. The summed E-state index contributed by atoms with van der Waals surface area (Å²) in [5.74, 6) is 0.779. The zero-order chi connectivity index (χ0) is 15.9. The van der Waals surface area contributed by atoms with Gasteiger partial charge in [-0.2, -0.15) is 0 Å². The average Bonchev–Trinajstić information content (AvgIpc) is 2.41. The third-order valence-corrected chi connectivity index (χ3v) is 3.77. The van der Waals surface area contributed by atoms with E-state index in [2.05, 4.69) is 64.5 Å². The monoisotopic (exact) mass is 483 g/mol. The van der Waals surface area contributed by atoms with Gasteiger partial charge in [-0.1, -0.05) is 48.8 Å². The van der Waals surface area contributed by atoms with Crippen molar-refractivity contribution in [3.63, 3.8) is 0 Å². The van der Waals surface area contributed by atoms with Gasteiger partial charge in [-0.15, -0.1) is 24.0 Å². The predicted octanol–water partition coefficient (Wildman–Crippen LogP) is 3.79. The van der Waals surface area contributed by atoms with Crippen LogP contribution in [0.15, 0.2) is 33.7 Å². The molecule has 2 N–H and O–H groups in total. The minimum absolute atomic E-state index is 0. The maximum atomic E-state index is 5.54. The van der Waals surface area contributed by atoms with Crippen LogP contribution in [-0.4, -0.2) is 32.8 Å². The molecule has 0 aromatic heterocycles. The van der Waals surface area contributed by atoms with E-state index in [9.17, 15) is 0 Å². The third kappa shape index (κ3) is 7.78. The molecule has 0 saturated heterocycles. The van der Waals surface area contributed by atoms with Crippen molar-refractivity contribution in [2.45, 2.75) is 33.4 Å². The molecule has 0 radical (unpaired) electrons. The Morgan fingerprint density at radius 2 is 2.00 bits per heavy atom. The summed E-state index contributed by atoms with van der Waals surface area (Å²) in [6.45, 7) is 7.95. The first-order valence-electron chi connectivity index (χ1n) is 7.08. The molecule has 0 aliphatic heterocycles. The second-order valence-electron chi connectivity index (χ2n) is 6.03. The summed E-state index contributed by atoms with van der Waals surface area (Å²) in [5, 5.41) is 6.62. The molecule has 126 valence electrons. The van der Waals surface area contributed by atoms with E-state index >= 15 is 0 Å². The van der Waals surface area contributed by atoms with E-state index in [0.717, 1.165) is 23.5 Å². The Hall–Kier alpha value is -0.340. The maximum absolute atomic E-state index is 5.54. The largest absolute Gasteiger partial charge is 0.379 e. The summed E-state index contributed by atoms with van der Waals surface area (Å²) in [4.78, 5) is 4.24. The van der Waals surface area contributed by atoms with Crippen LogP contribution in [0.4, 0.5) is 0 Å². The number of ether oxygens (including phenoxy) is 1. The van der Waals surface area contributed by atoms with E-state index < -0.39 is 0 Å². The summed E-state index contributed by atoms with van der Waals surface area (Å²) < 4.78 is 6.62. The van der Waals surface area contributed by atoms with Crippen molar-refractivity contribution in [1.82, 2.24) is 10.6 Å². The van der Waals surface area contributed by atoms with Gasteiger partial charge in [0.15, 0.2) is 5.96 Å². The summed E-state index contributed by atoms with van der Waals surface area (Å²) in [6.07, 6.45) is 0.127. The lowest BCUT2D eigenvalue weighted by Gasteiger charge is -2.30. The lowest BCUT2D eigenvalue weighted by atomic mass is 9.89. The van der Waals surface area contributed by atoms with Gasteiger partial charge in [-0.05, 0) is 23.1 Å². The topological polar surface area (TPSA) is 45.7 Å². The molecule has 22 heavy (non-hydrogen) atoms. The highest BCUT2D eigenvalue weighted by Crippen LogP contribution is 2.20. The molecule has 1 atom stereocenters. The van der Waals surface area contributed by atoms with Crippen molar-refractivity contribution in [1.29, 1.82) is 0 Å². The van der Waals surface area contributed by atoms with E-state index in [1.54, 1.807) is 14.2 Å². The average molecular weight is 484 g/mol. The number of nitrogens with one attached hydrogen (secondary N) is 2. The molecule has 1 unspecified atom stereocenters. The second kappa shape index (κ2) is 10.4. The van der Waals surface area contributed by atoms with Gasteiger partial charge in [0.2, 0.25) is 0 Å². The smallest absolute Gasteiger partial charge is 0.191 e. The molecule has 0 aliphatic rings. The maximum Gasteiger partial charge on any atom is 0.191 e. The fraction of sp³-hybridized carbons (Fsp3) is 0.562. The fourth-order valence-electron chi connectivity index (χ4n) is 1.99. The number of hydrogen-bond acceptors (Lipinski definition) is 2. The molecule has 0 fully saturated rings. The Morgan fingerprint density at radius 3 is 2.50 bits per heavy atom. The Kier molecular flexibility index (Phi) is 10.3. The Balaban J connectivity index is 0.00000441. The third-order valence-electron chi connectivity index (χ3n) is 3.28. The first-order valence-corrected chi connectivity index (χ1v) is 7.88. The van der Waals surface area contributed by atoms with Crippen LogP contribution in [0.1, 0.15) is 26.3 Å². The lowest BCUT2D eigenvalue weighted by Crippen LogP contribution is -2.45. The number of aliphatic imine (C=N–C) groups is 1. The van der Waals surface area contributed by atoms with E-state index in [4.69, 9.17) is 4.74 Å². The van der Waals surface area contributed by atoms with Gasteiger partial charge in [-0.25, -0.2) is 0 Å². The zero-order valence-electron chi connectivity index (χ0n) is 13.9. The van der Waals surface area contributed by atoms with Gasteiger partial charge in [0.1, 0.15) is 0 Å². The number of rotatable bonds is 5.